The molecule has 0 aromatic heterocycles. The van der Waals surface area contributed by atoms with Crippen molar-refractivity contribution < 1.29 is 23.5 Å². The lowest BCUT2D eigenvalue weighted by Gasteiger charge is -2.07. The van der Waals surface area contributed by atoms with Gasteiger partial charge in [0.15, 0.2) is 0 Å². The molecule has 0 saturated heterocycles. The summed E-state index contributed by atoms with van der Waals surface area (Å²) in [5, 5.41) is 5.22. The number of rotatable bonds is 7. The van der Waals surface area contributed by atoms with Crippen molar-refractivity contribution in [3.63, 3.8) is 0 Å². The van der Waals surface area contributed by atoms with Crippen LogP contribution >= 0.6 is 0 Å². The highest BCUT2D eigenvalue weighted by Gasteiger charge is 2.07. The second kappa shape index (κ2) is 9.86. The molecular formula is C20H19FN2O4. The van der Waals surface area contributed by atoms with Crippen LogP contribution in [0.15, 0.2) is 54.6 Å². The molecule has 0 spiro atoms. The van der Waals surface area contributed by atoms with Gasteiger partial charge in [-0.05, 0) is 30.3 Å². The number of ether oxygens (including phenoxy) is 1. The molecule has 0 aliphatic rings. The summed E-state index contributed by atoms with van der Waals surface area (Å²) >= 11 is 0. The van der Waals surface area contributed by atoms with Gasteiger partial charge < -0.3 is 15.4 Å². The minimum absolute atomic E-state index is 0.204. The van der Waals surface area contributed by atoms with E-state index in [1.165, 1.54) is 31.2 Å². The van der Waals surface area contributed by atoms with E-state index in [1.54, 1.807) is 36.4 Å². The number of nitrogens with one attached hydrogen (secondary N) is 2. The maximum Gasteiger partial charge on any atom is 0.308 e. The predicted octanol–water partition coefficient (Wildman–Crippen LogP) is 2.31. The van der Waals surface area contributed by atoms with Crippen molar-refractivity contribution in [2.75, 3.05) is 13.1 Å². The number of esters is 1. The third kappa shape index (κ3) is 6.74. The highest BCUT2D eigenvalue weighted by molar-refractivity contribution is 5.95. The van der Waals surface area contributed by atoms with E-state index in [0.29, 0.717) is 11.1 Å². The van der Waals surface area contributed by atoms with Crippen molar-refractivity contribution in [3.05, 3.63) is 71.6 Å². The fourth-order valence-electron chi connectivity index (χ4n) is 2.17. The Bertz CT molecular complexity index is 865. The molecular weight excluding hydrogens is 351 g/mol. The SMILES string of the molecule is CC(=O)Oc1cccc(C(=O)NCCNC(=O)/C=C/c2ccccc2F)c1. The molecule has 7 heteroatoms. The number of carbonyl (C=O) groups excluding carboxylic acids is 3. The predicted molar refractivity (Wildman–Crippen MR) is 98.5 cm³/mol. The van der Waals surface area contributed by atoms with Gasteiger partial charge in [-0.3, -0.25) is 14.4 Å². The lowest BCUT2D eigenvalue weighted by molar-refractivity contribution is -0.131. The first-order chi connectivity index (χ1) is 13.0. The molecule has 0 atom stereocenters. The zero-order valence-corrected chi connectivity index (χ0v) is 14.7. The Labute approximate surface area is 156 Å². The van der Waals surface area contributed by atoms with Crippen LogP contribution in [-0.2, 0) is 9.59 Å². The molecule has 0 bridgehead atoms. The molecule has 0 radical (unpaired) electrons. The van der Waals surface area contributed by atoms with Crippen LogP contribution in [0.3, 0.4) is 0 Å². The molecule has 0 unspecified atom stereocenters. The van der Waals surface area contributed by atoms with Gasteiger partial charge in [-0.1, -0.05) is 24.3 Å². The Morgan fingerprint density at radius 1 is 1.04 bits per heavy atom. The summed E-state index contributed by atoms with van der Waals surface area (Å²) in [6.07, 6.45) is 2.60. The Balaban J connectivity index is 1.76. The van der Waals surface area contributed by atoms with E-state index < -0.39 is 17.7 Å². The van der Waals surface area contributed by atoms with Crippen LogP contribution in [0, 0.1) is 5.82 Å². The average molecular weight is 370 g/mol. The zero-order valence-electron chi connectivity index (χ0n) is 14.7. The van der Waals surface area contributed by atoms with Crippen molar-refractivity contribution in [2.45, 2.75) is 6.92 Å². The first-order valence-corrected chi connectivity index (χ1v) is 8.23. The van der Waals surface area contributed by atoms with Gasteiger partial charge in [-0.15, -0.1) is 0 Å². The smallest absolute Gasteiger partial charge is 0.308 e. The van der Waals surface area contributed by atoms with Crippen LogP contribution in [0.4, 0.5) is 4.39 Å². The molecule has 2 aromatic rings. The van der Waals surface area contributed by atoms with Crippen molar-refractivity contribution in [3.8, 4) is 5.75 Å². The van der Waals surface area contributed by atoms with Crippen molar-refractivity contribution >= 4 is 23.9 Å². The van der Waals surface area contributed by atoms with Gasteiger partial charge in [-0.25, -0.2) is 4.39 Å². The van der Waals surface area contributed by atoms with Gasteiger partial charge in [-0.2, -0.15) is 0 Å². The Kier molecular flexibility index (Phi) is 7.25. The fraction of sp³-hybridized carbons (Fsp3) is 0.150. The topological polar surface area (TPSA) is 84.5 Å². The van der Waals surface area contributed by atoms with E-state index in [9.17, 15) is 18.8 Å². The molecule has 140 valence electrons. The molecule has 27 heavy (non-hydrogen) atoms. The van der Waals surface area contributed by atoms with E-state index >= 15 is 0 Å². The number of amides is 2. The molecule has 0 heterocycles. The Morgan fingerprint density at radius 2 is 1.78 bits per heavy atom. The van der Waals surface area contributed by atoms with Gasteiger partial charge in [0.1, 0.15) is 11.6 Å². The van der Waals surface area contributed by atoms with Crippen molar-refractivity contribution in [1.29, 1.82) is 0 Å². The second-order valence-electron chi connectivity index (χ2n) is 5.52. The van der Waals surface area contributed by atoms with Crippen molar-refractivity contribution in [2.24, 2.45) is 0 Å². The number of hydrogen-bond acceptors (Lipinski definition) is 4. The minimum atomic E-state index is -0.473. The van der Waals surface area contributed by atoms with Crippen molar-refractivity contribution in [1.82, 2.24) is 10.6 Å². The lowest BCUT2D eigenvalue weighted by atomic mass is 10.2. The third-order valence-corrected chi connectivity index (χ3v) is 3.39. The third-order valence-electron chi connectivity index (χ3n) is 3.39. The van der Waals surface area contributed by atoms with E-state index in [2.05, 4.69) is 10.6 Å². The normalized spacial score (nSPS) is 10.4. The van der Waals surface area contributed by atoms with Gasteiger partial charge in [0, 0.05) is 37.2 Å². The standard InChI is InChI=1S/C20H19FN2O4/c1-14(24)27-17-7-4-6-16(13-17)20(26)23-12-11-22-19(25)10-9-15-5-2-3-8-18(15)21/h2-10,13H,11-12H2,1H3,(H,22,25)(H,23,26)/b10-9+. The molecule has 0 aliphatic heterocycles. The van der Waals surface area contributed by atoms with Gasteiger partial charge in [0.25, 0.3) is 5.91 Å². The Hall–Kier alpha value is -3.48. The highest BCUT2D eigenvalue weighted by Crippen LogP contribution is 2.13. The molecule has 2 aromatic carbocycles. The largest absolute Gasteiger partial charge is 0.427 e. The van der Waals surface area contributed by atoms with Gasteiger partial charge >= 0.3 is 5.97 Å². The summed E-state index contributed by atoms with van der Waals surface area (Å²) in [6, 6.07) is 12.3. The van der Waals surface area contributed by atoms with Gasteiger partial charge in [0.05, 0.1) is 0 Å². The van der Waals surface area contributed by atoms with E-state index in [0.717, 1.165) is 0 Å². The molecule has 2 amide bonds. The molecule has 0 saturated carbocycles. The van der Waals surface area contributed by atoms with E-state index in [4.69, 9.17) is 4.74 Å². The summed E-state index contributed by atoms with van der Waals surface area (Å²) < 4.78 is 18.4. The monoisotopic (exact) mass is 370 g/mol. The summed E-state index contributed by atoms with van der Waals surface area (Å²) in [5.41, 5.74) is 0.646. The lowest BCUT2D eigenvalue weighted by Crippen LogP contribution is -2.34. The minimum Gasteiger partial charge on any atom is -0.427 e. The molecule has 2 N–H and O–H groups in total. The van der Waals surface area contributed by atoms with Crippen LogP contribution in [0.25, 0.3) is 6.08 Å². The molecule has 6 nitrogen and oxygen atoms in total. The summed E-state index contributed by atoms with van der Waals surface area (Å²) in [4.78, 5) is 34.7. The van der Waals surface area contributed by atoms with Crippen LogP contribution < -0.4 is 15.4 Å². The van der Waals surface area contributed by atoms with Crippen LogP contribution in [0.5, 0.6) is 5.75 Å². The quantitative estimate of drug-likeness (QED) is 0.339. The Morgan fingerprint density at radius 3 is 2.52 bits per heavy atom. The molecule has 0 aliphatic carbocycles. The molecule has 0 fully saturated rings. The highest BCUT2D eigenvalue weighted by atomic mass is 19.1. The number of benzene rings is 2. The summed E-state index contributed by atoms with van der Waals surface area (Å²) in [7, 11) is 0. The van der Waals surface area contributed by atoms with Crippen LogP contribution in [0.1, 0.15) is 22.8 Å². The summed E-state index contributed by atoms with van der Waals surface area (Å²) in [6.45, 7) is 1.68. The first kappa shape index (κ1) is 19.8. The summed E-state index contributed by atoms with van der Waals surface area (Å²) in [5.74, 6) is -1.37. The maximum absolute atomic E-state index is 13.4. The number of hydrogen-bond donors (Lipinski definition) is 2. The average Bonchev–Trinajstić information content (AvgIpc) is 2.64. The van der Waals surface area contributed by atoms with Crippen LogP contribution in [0.2, 0.25) is 0 Å². The first-order valence-electron chi connectivity index (χ1n) is 8.23. The van der Waals surface area contributed by atoms with Gasteiger partial charge in [0.2, 0.25) is 5.91 Å². The number of carbonyl (C=O) groups is 3. The van der Waals surface area contributed by atoms with E-state index in [1.807, 2.05) is 0 Å². The maximum atomic E-state index is 13.4. The number of halogens is 1. The van der Waals surface area contributed by atoms with E-state index in [-0.39, 0.29) is 24.7 Å². The second-order valence-corrected chi connectivity index (χ2v) is 5.52. The zero-order chi connectivity index (χ0) is 19.6. The van der Waals surface area contributed by atoms with Crippen LogP contribution in [-0.4, -0.2) is 30.9 Å². The molecule has 2 rings (SSSR count). The fourth-order valence-corrected chi connectivity index (χ4v) is 2.17.